The van der Waals surface area contributed by atoms with Gasteiger partial charge in [-0.3, -0.25) is 14.4 Å². The molecule has 0 spiro atoms. The summed E-state index contributed by atoms with van der Waals surface area (Å²) in [6.07, 6.45) is 0.175. The van der Waals surface area contributed by atoms with Gasteiger partial charge in [0.2, 0.25) is 11.8 Å². The van der Waals surface area contributed by atoms with Crippen LogP contribution >= 0.6 is 0 Å². The van der Waals surface area contributed by atoms with Gasteiger partial charge in [-0.05, 0) is 23.5 Å². The average Bonchev–Trinajstić information content (AvgIpc) is 2.77. The van der Waals surface area contributed by atoms with Gasteiger partial charge in [-0.1, -0.05) is 74.5 Å². The Bertz CT molecular complexity index is 843. The van der Waals surface area contributed by atoms with Gasteiger partial charge in [0.1, 0.15) is 19.3 Å². The predicted molar refractivity (Wildman–Crippen MR) is 116 cm³/mol. The molecule has 7 heteroatoms. The Morgan fingerprint density at radius 1 is 0.903 bits per heavy atom. The first kappa shape index (κ1) is 24.2. The van der Waals surface area contributed by atoms with Crippen LogP contribution in [-0.4, -0.2) is 43.0 Å². The second kappa shape index (κ2) is 12.6. The smallest absolute Gasteiger partial charge is 0.246 e. The molecular formula is C24H29FN2O4. The normalized spacial score (nSPS) is 12.8. The molecule has 0 aliphatic carbocycles. The molecule has 0 saturated carbocycles. The van der Waals surface area contributed by atoms with Crippen LogP contribution in [0.3, 0.4) is 0 Å². The number of ether oxygens (including phenoxy) is 1. The predicted octanol–water partition coefficient (Wildman–Crippen LogP) is 2.61. The molecule has 0 aromatic heterocycles. The maximum Gasteiger partial charge on any atom is 0.246 e. The lowest BCUT2D eigenvalue weighted by Gasteiger charge is -2.25. The highest BCUT2D eigenvalue weighted by Crippen LogP contribution is 2.08. The third-order valence-electron chi connectivity index (χ3n) is 4.73. The standard InChI is InChI=1S/C24H29FN2O4/c1-17(2)23(27-22(29)16-31-15-19-11-7-4-8-12-19)24(30)26-20(21(28)14-25)13-18-9-5-3-6-10-18/h3-12,17,20,23H,13-16H2,1-2H3,(H,26,30)(H,27,29). The van der Waals surface area contributed by atoms with E-state index in [0.717, 1.165) is 11.1 Å². The van der Waals surface area contributed by atoms with Crippen LogP contribution in [-0.2, 0) is 32.1 Å². The molecule has 31 heavy (non-hydrogen) atoms. The molecule has 2 amide bonds. The van der Waals surface area contributed by atoms with Crippen LogP contribution in [0.1, 0.15) is 25.0 Å². The Labute approximate surface area is 182 Å². The van der Waals surface area contributed by atoms with E-state index in [1.807, 2.05) is 36.4 Å². The van der Waals surface area contributed by atoms with Crippen molar-refractivity contribution in [2.45, 2.75) is 39.0 Å². The lowest BCUT2D eigenvalue weighted by molar-refractivity contribution is -0.134. The van der Waals surface area contributed by atoms with E-state index in [1.165, 1.54) is 0 Å². The first-order chi connectivity index (χ1) is 14.9. The SMILES string of the molecule is CC(C)C(NC(=O)COCc1ccccc1)C(=O)NC(Cc1ccccc1)C(=O)CF. The fraction of sp³-hybridized carbons (Fsp3) is 0.375. The third-order valence-corrected chi connectivity index (χ3v) is 4.73. The van der Waals surface area contributed by atoms with E-state index in [2.05, 4.69) is 10.6 Å². The number of carbonyl (C=O) groups excluding carboxylic acids is 3. The van der Waals surface area contributed by atoms with Crippen LogP contribution in [0.2, 0.25) is 0 Å². The van der Waals surface area contributed by atoms with Crippen molar-refractivity contribution in [2.75, 3.05) is 13.3 Å². The van der Waals surface area contributed by atoms with Crippen LogP contribution < -0.4 is 10.6 Å². The quantitative estimate of drug-likeness (QED) is 0.544. The Kier molecular flexibility index (Phi) is 9.84. The largest absolute Gasteiger partial charge is 0.367 e. The molecular weight excluding hydrogens is 399 g/mol. The van der Waals surface area contributed by atoms with Gasteiger partial charge in [-0.15, -0.1) is 0 Å². The highest BCUT2D eigenvalue weighted by atomic mass is 19.1. The topological polar surface area (TPSA) is 84.5 Å². The maximum absolute atomic E-state index is 13.1. The lowest BCUT2D eigenvalue weighted by Crippen LogP contribution is -2.55. The Morgan fingerprint density at radius 2 is 1.48 bits per heavy atom. The van der Waals surface area contributed by atoms with Gasteiger partial charge in [0, 0.05) is 0 Å². The van der Waals surface area contributed by atoms with E-state index in [4.69, 9.17) is 4.74 Å². The summed E-state index contributed by atoms with van der Waals surface area (Å²) in [5.41, 5.74) is 1.73. The van der Waals surface area contributed by atoms with Gasteiger partial charge in [-0.2, -0.15) is 0 Å². The first-order valence-corrected chi connectivity index (χ1v) is 10.2. The molecule has 0 bridgehead atoms. The van der Waals surface area contributed by atoms with E-state index < -0.39 is 36.4 Å². The van der Waals surface area contributed by atoms with Crippen LogP contribution in [0.4, 0.5) is 4.39 Å². The minimum absolute atomic E-state index is 0.175. The second-order valence-corrected chi connectivity index (χ2v) is 7.62. The summed E-state index contributed by atoms with van der Waals surface area (Å²) in [7, 11) is 0. The molecule has 0 radical (unpaired) electrons. The summed E-state index contributed by atoms with van der Waals surface area (Å²) >= 11 is 0. The van der Waals surface area contributed by atoms with Gasteiger partial charge in [0.25, 0.3) is 0 Å². The Morgan fingerprint density at radius 3 is 2.03 bits per heavy atom. The molecule has 2 unspecified atom stereocenters. The highest BCUT2D eigenvalue weighted by Gasteiger charge is 2.28. The van der Waals surface area contributed by atoms with Crippen molar-refractivity contribution in [3.05, 3.63) is 71.8 Å². The molecule has 0 aliphatic rings. The van der Waals surface area contributed by atoms with Crippen LogP contribution in [0.15, 0.2) is 60.7 Å². The molecule has 2 rings (SSSR count). The Hall–Kier alpha value is -3.06. The van der Waals surface area contributed by atoms with Gasteiger partial charge in [0.15, 0.2) is 5.78 Å². The molecule has 0 saturated heterocycles. The molecule has 2 aromatic rings. The maximum atomic E-state index is 13.1. The molecule has 2 atom stereocenters. The molecule has 6 nitrogen and oxygen atoms in total. The third kappa shape index (κ3) is 8.30. The van der Waals surface area contributed by atoms with E-state index in [0.29, 0.717) is 0 Å². The van der Waals surface area contributed by atoms with Crippen molar-refractivity contribution in [3.8, 4) is 0 Å². The van der Waals surface area contributed by atoms with Gasteiger partial charge in [-0.25, -0.2) is 4.39 Å². The van der Waals surface area contributed by atoms with Gasteiger partial charge >= 0.3 is 0 Å². The summed E-state index contributed by atoms with van der Waals surface area (Å²) < 4.78 is 18.5. The van der Waals surface area contributed by atoms with Crippen molar-refractivity contribution in [1.82, 2.24) is 10.6 Å². The zero-order valence-corrected chi connectivity index (χ0v) is 17.8. The molecule has 0 heterocycles. The summed E-state index contributed by atoms with van der Waals surface area (Å²) in [4.78, 5) is 37.1. The van der Waals surface area contributed by atoms with Crippen molar-refractivity contribution >= 4 is 17.6 Å². The molecule has 0 aliphatic heterocycles. The van der Waals surface area contributed by atoms with Crippen molar-refractivity contribution in [2.24, 2.45) is 5.92 Å². The number of rotatable bonds is 12. The number of alkyl halides is 1. The summed E-state index contributed by atoms with van der Waals surface area (Å²) in [5, 5.41) is 5.25. The molecule has 2 N–H and O–H groups in total. The van der Waals surface area contributed by atoms with Crippen LogP contribution in [0, 0.1) is 5.92 Å². The number of amides is 2. The number of nitrogens with one attached hydrogen (secondary N) is 2. The fourth-order valence-electron chi connectivity index (χ4n) is 3.04. The van der Waals surface area contributed by atoms with E-state index >= 15 is 0 Å². The summed E-state index contributed by atoms with van der Waals surface area (Å²) in [6, 6.07) is 16.6. The first-order valence-electron chi connectivity index (χ1n) is 10.2. The molecule has 0 fully saturated rings. The van der Waals surface area contributed by atoms with Crippen molar-refractivity contribution in [3.63, 3.8) is 0 Å². The van der Waals surface area contributed by atoms with E-state index in [9.17, 15) is 18.8 Å². The summed E-state index contributed by atoms with van der Waals surface area (Å²) in [6.45, 7) is 2.44. The average molecular weight is 429 g/mol. The van der Waals surface area contributed by atoms with E-state index in [1.54, 1.807) is 38.1 Å². The zero-order chi connectivity index (χ0) is 22.6. The summed E-state index contributed by atoms with van der Waals surface area (Å²) in [5.74, 6) is -1.93. The monoisotopic (exact) mass is 428 g/mol. The minimum Gasteiger partial charge on any atom is -0.367 e. The molecule has 2 aromatic carbocycles. The fourth-order valence-corrected chi connectivity index (χ4v) is 3.04. The second-order valence-electron chi connectivity index (χ2n) is 7.62. The lowest BCUT2D eigenvalue weighted by atomic mass is 9.99. The van der Waals surface area contributed by atoms with Crippen molar-refractivity contribution < 1.29 is 23.5 Å². The van der Waals surface area contributed by atoms with Gasteiger partial charge < -0.3 is 15.4 Å². The number of benzene rings is 2. The van der Waals surface area contributed by atoms with Crippen molar-refractivity contribution in [1.29, 1.82) is 0 Å². The zero-order valence-electron chi connectivity index (χ0n) is 17.8. The van der Waals surface area contributed by atoms with Crippen LogP contribution in [0.25, 0.3) is 0 Å². The van der Waals surface area contributed by atoms with E-state index in [-0.39, 0.29) is 25.6 Å². The van der Waals surface area contributed by atoms with Crippen LogP contribution in [0.5, 0.6) is 0 Å². The number of hydrogen-bond donors (Lipinski definition) is 2. The molecule has 166 valence electrons. The number of hydrogen-bond acceptors (Lipinski definition) is 4. The minimum atomic E-state index is -1.18. The van der Waals surface area contributed by atoms with Gasteiger partial charge in [0.05, 0.1) is 12.6 Å². The highest BCUT2D eigenvalue weighted by molar-refractivity contribution is 5.93. The number of carbonyl (C=O) groups is 3. The number of Topliss-reactive ketones (excluding diaryl/α,β-unsaturated/α-hetero) is 1. The number of ketones is 1. The Balaban J connectivity index is 1.93. The number of halogens is 1.